The minimum atomic E-state index is -0.220. The Kier molecular flexibility index (Phi) is 5.04. The lowest BCUT2D eigenvalue weighted by Crippen LogP contribution is -2.20. The Bertz CT molecular complexity index is 1140. The summed E-state index contributed by atoms with van der Waals surface area (Å²) in [7, 11) is 0. The fourth-order valence-electron chi connectivity index (χ4n) is 3.34. The summed E-state index contributed by atoms with van der Waals surface area (Å²) in [5.74, 6) is 1.00. The first kappa shape index (κ1) is 18.7. The second-order valence-electron chi connectivity index (χ2n) is 7.13. The molecule has 4 aromatic rings. The Morgan fingerprint density at radius 3 is 2.52 bits per heavy atom. The Labute approximate surface area is 169 Å². The molecule has 0 atom stereocenters. The molecule has 1 aromatic heterocycles. The number of benzene rings is 3. The molecule has 0 spiro atoms. The predicted molar refractivity (Wildman–Crippen MR) is 114 cm³/mol. The summed E-state index contributed by atoms with van der Waals surface area (Å²) >= 11 is 0. The van der Waals surface area contributed by atoms with Crippen molar-refractivity contribution in [2.45, 2.75) is 20.8 Å². The highest BCUT2D eigenvalue weighted by atomic mass is 16.5. The van der Waals surface area contributed by atoms with Gasteiger partial charge in [0.05, 0.1) is 0 Å². The highest BCUT2D eigenvalue weighted by molar-refractivity contribution is 5.93. The molecule has 0 saturated carbocycles. The number of aryl methyl sites for hydroxylation is 2. The van der Waals surface area contributed by atoms with Crippen LogP contribution in [0.3, 0.4) is 0 Å². The van der Waals surface area contributed by atoms with Crippen molar-refractivity contribution >= 4 is 22.7 Å². The summed E-state index contributed by atoms with van der Waals surface area (Å²) in [4.78, 5) is 17.0. The molecule has 1 heterocycles. The van der Waals surface area contributed by atoms with Gasteiger partial charge in [-0.15, -0.1) is 0 Å². The van der Waals surface area contributed by atoms with E-state index in [0.29, 0.717) is 17.3 Å². The van der Waals surface area contributed by atoms with Crippen LogP contribution in [0.2, 0.25) is 0 Å². The minimum absolute atomic E-state index is 0.0601. The lowest BCUT2D eigenvalue weighted by molar-refractivity contribution is -0.118. The van der Waals surface area contributed by atoms with Gasteiger partial charge in [0.2, 0.25) is 5.89 Å². The van der Waals surface area contributed by atoms with Crippen LogP contribution in [0.4, 0.5) is 5.69 Å². The Morgan fingerprint density at radius 1 is 1.00 bits per heavy atom. The smallest absolute Gasteiger partial charge is 0.262 e. The van der Waals surface area contributed by atoms with Crippen LogP contribution in [-0.2, 0) is 4.79 Å². The first-order valence-corrected chi connectivity index (χ1v) is 9.46. The molecule has 0 unspecified atom stereocenters. The first-order valence-electron chi connectivity index (χ1n) is 9.46. The fraction of sp³-hybridized carbons (Fsp3) is 0.167. The molecule has 0 aliphatic carbocycles. The zero-order valence-electron chi connectivity index (χ0n) is 16.7. The summed E-state index contributed by atoms with van der Waals surface area (Å²) < 4.78 is 11.5. The summed E-state index contributed by atoms with van der Waals surface area (Å²) in [5, 5.41) is 2.92. The van der Waals surface area contributed by atoms with Gasteiger partial charge in [-0.1, -0.05) is 24.3 Å². The number of oxazole rings is 1. The number of rotatable bonds is 5. The third-order valence-electron chi connectivity index (χ3n) is 4.70. The van der Waals surface area contributed by atoms with E-state index >= 15 is 0 Å². The van der Waals surface area contributed by atoms with E-state index in [0.717, 1.165) is 33.4 Å². The standard InChI is InChI=1S/C24H22N2O3/c1-15-11-16(2)13-18(12-15)28-14-23(27)25-20-9-6-7-19(17(20)3)24-26-21-8-4-5-10-22(21)29-24/h4-13H,14H2,1-3H3,(H,25,27). The molecule has 5 heteroatoms. The number of hydrogen-bond donors (Lipinski definition) is 1. The fourth-order valence-corrected chi connectivity index (χ4v) is 3.34. The maximum atomic E-state index is 12.4. The monoisotopic (exact) mass is 386 g/mol. The molecule has 146 valence electrons. The second kappa shape index (κ2) is 7.80. The largest absolute Gasteiger partial charge is 0.484 e. The van der Waals surface area contributed by atoms with Crippen LogP contribution in [-0.4, -0.2) is 17.5 Å². The predicted octanol–water partition coefficient (Wildman–Crippen LogP) is 5.44. The molecule has 0 aliphatic rings. The molecule has 0 aliphatic heterocycles. The van der Waals surface area contributed by atoms with Crippen LogP contribution in [0, 0.1) is 20.8 Å². The summed E-state index contributed by atoms with van der Waals surface area (Å²) in [6.45, 7) is 5.88. The van der Waals surface area contributed by atoms with Crippen molar-refractivity contribution < 1.29 is 13.9 Å². The number of nitrogens with one attached hydrogen (secondary N) is 1. The van der Waals surface area contributed by atoms with E-state index in [1.54, 1.807) is 0 Å². The average molecular weight is 386 g/mol. The number of anilines is 1. The van der Waals surface area contributed by atoms with Crippen LogP contribution in [0.15, 0.2) is 65.1 Å². The Balaban J connectivity index is 1.50. The van der Waals surface area contributed by atoms with Gasteiger partial charge in [-0.05, 0) is 73.9 Å². The lowest BCUT2D eigenvalue weighted by Gasteiger charge is -2.12. The van der Waals surface area contributed by atoms with E-state index in [1.807, 2.05) is 75.4 Å². The van der Waals surface area contributed by atoms with Crippen molar-refractivity contribution in [3.63, 3.8) is 0 Å². The molecule has 0 saturated heterocycles. The molecule has 0 fully saturated rings. The summed E-state index contributed by atoms with van der Waals surface area (Å²) in [5.41, 5.74) is 6.17. The van der Waals surface area contributed by atoms with Crippen molar-refractivity contribution in [1.29, 1.82) is 0 Å². The van der Waals surface area contributed by atoms with Gasteiger partial charge in [-0.3, -0.25) is 4.79 Å². The van der Waals surface area contributed by atoms with E-state index in [9.17, 15) is 4.79 Å². The SMILES string of the molecule is Cc1cc(C)cc(OCC(=O)Nc2cccc(-c3nc4ccccc4o3)c2C)c1. The zero-order valence-corrected chi connectivity index (χ0v) is 16.7. The molecule has 29 heavy (non-hydrogen) atoms. The average Bonchev–Trinajstić information content (AvgIpc) is 3.11. The molecular weight excluding hydrogens is 364 g/mol. The summed E-state index contributed by atoms with van der Waals surface area (Å²) in [6, 6.07) is 19.2. The van der Waals surface area contributed by atoms with Gasteiger partial charge in [0.1, 0.15) is 11.3 Å². The zero-order chi connectivity index (χ0) is 20.4. The second-order valence-corrected chi connectivity index (χ2v) is 7.13. The number of nitrogens with zero attached hydrogens (tertiary/aromatic N) is 1. The molecule has 0 bridgehead atoms. The van der Waals surface area contributed by atoms with Gasteiger partial charge >= 0.3 is 0 Å². The molecule has 1 amide bonds. The van der Waals surface area contributed by atoms with E-state index in [-0.39, 0.29) is 12.5 Å². The Hall–Kier alpha value is -3.60. The van der Waals surface area contributed by atoms with Crippen LogP contribution in [0.25, 0.3) is 22.6 Å². The topological polar surface area (TPSA) is 64.4 Å². The lowest BCUT2D eigenvalue weighted by atomic mass is 10.1. The number of carbonyl (C=O) groups excluding carboxylic acids is 1. The maximum Gasteiger partial charge on any atom is 0.262 e. The number of hydrogen-bond acceptors (Lipinski definition) is 4. The Morgan fingerprint density at radius 2 is 1.76 bits per heavy atom. The van der Waals surface area contributed by atoms with E-state index < -0.39 is 0 Å². The molecule has 3 aromatic carbocycles. The normalized spacial score (nSPS) is 10.9. The van der Waals surface area contributed by atoms with Crippen molar-refractivity contribution in [1.82, 2.24) is 4.98 Å². The van der Waals surface area contributed by atoms with Gasteiger partial charge in [-0.25, -0.2) is 4.98 Å². The van der Waals surface area contributed by atoms with Crippen molar-refractivity contribution in [3.8, 4) is 17.2 Å². The number of ether oxygens (including phenoxy) is 1. The number of aromatic nitrogens is 1. The van der Waals surface area contributed by atoms with Crippen molar-refractivity contribution in [2.24, 2.45) is 0 Å². The highest BCUT2D eigenvalue weighted by Crippen LogP contribution is 2.30. The van der Waals surface area contributed by atoms with Gasteiger partial charge < -0.3 is 14.5 Å². The number of amides is 1. The van der Waals surface area contributed by atoms with Crippen LogP contribution < -0.4 is 10.1 Å². The van der Waals surface area contributed by atoms with E-state index in [1.165, 1.54) is 0 Å². The van der Waals surface area contributed by atoms with Gasteiger partial charge in [0.15, 0.2) is 12.2 Å². The third-order valence-corrected chi connectivity index (χ3v) is 4.70. The first-order chi connectivity index (χ1) is 14.0. The number of fused-ring (bicyclic) bond motifs is 1. The van der Waals surface area contributed by atoms with Crippen LogP contribution in [0.5, 0.6) is 5.75 Å². The van der Waals surface area contributed by atoms with Crippen molar-refractivity contribution in [3.05, 3.63) is 77.4 Å². The summed E-state index contributed by atoms with van der Waals surface area (Å²) in [6.07, 6.45) is 0. The molecule has 5 nitrogen and oxygen atoms in total. The van der Waals surface area contributed by atoms with Crippen LogP contribution in [0.1, 0.15) is 16.7 Å². The van der Waals surface area contributed by atoms with Crippen molar-refractivity contribution in [2.75, 3.05) is 11.9 Å². The minimum Gasteiger partial charge on any atom is -0.484 e. The molecule has 4 rings (SSSR count). The number of carbonyl (C=O) groups is 1. The molecule has 1 N–H and O–H groups in total. The molecule has 0 radical (unpaired) electrons. The number of para-hydroxylation sites is 2. The van der Waals surface area contributed by atoms with Gasteiger partial charge in [0, 0.05) is 11.3 Å². The van der Waals surface area contributed by atoms with Crippen LogP contribution >= 0.6 is 0 Å². The van der Waals surface area contributed by atoms with Gasteiger partial charge in [0.25, 0.3) is 5.91 Å². The van der Waals surface area contributed by atoms with E-state index in [4.69, 9.17) is 9.15 Å². The maximum absolute atomic E-state index is 12.4. The third kappa shape index (κ3) is 4.14. The highest BCUT2D eigenvalue weighted by Gasteiger charge is 2.14. The quantitative estimate of drug-likeness (QED) is 0.496. The van der Waals surface area contributed by atoms with Gasteiger partial charge in [-0.2, -0.15) is 0 Å². The van der Waals surface area contributed by atoms with E-state index in [2.05, 4.69) is 16.4 Å². The molecular formula is C24H22N2O3.